The Balaban J connectivity index is 1.92. The predicted octanol–water partition coefficient (Wildman–Crippen LogP) is 2.59. The molecule has 4 nitrogen and oxygen atoms in total. The molecule has 20 heavy (non-hydrogen) atoms. The van der Waals surface area contributed by atoms with E-state index in [0.29, 0.717) is 12.3 Å². The summed E-state index contributed by atoms with van der Waals surface area (Å²) >= 11 is 0. The van der Waals surface area contributed by atoms with Gasteiger partial charge in [-0.05, 0) is 19.1 Å². The molecule has 0 spiro atoms. The van der Waals surface area contributed by atoms with Crippen molar-refractivity contribution < 1.29 is 27.4 Å². The smallest absolute Gasteiger partial charge is 0.377 e. The quantitative estimate of drug-likeness (QED) is 0.846. The number of hydrogen-bond acceptors (Lipinski definition) is 4. The summed E-state index contributed by atoms with van der Waals surface area (Å²) in [5, 5.41) is 2.75. The highest BCUT2D eigenvalue weighted by molar-refractivity contribution is 5.79. The van der Waals surface area contributed by atoms with Gasteiger partial charge in [-0.2, -0.15) is 8.78 Å². The van der Waals surface area contributed by atoms with E-state index in [2.05, 4.69) is 10.1 Å². The second-order valence-corrected chi connectivity index (χ2v) is 4.40. The zero-order valence-electron chi connectivity index (χ0n) is 10.8. The monoisotopic (exact) mass is 289 g/mol. The number of rotatable bonds is 5. The van der Waals surface area contributed by atoms with Gasteiger partial charge in [-0.3, -0.25) is 0 Å². The van der Waals surface area contributed by atoms with Crippen molar-refractivity contribution in [3.63, 3.8) is 0 Å². The normalized spacial score (nSPS) is 20.6. The Morgan fingerprint density at radius 2 is 2.25 bits per heavy atom. The molecule has 1 aliphatic heterocycles. The van der Waals surface area contributed by atoms with Gasteiger partial charge in [0.05, 0.1) is 19.6 Å². The van der Waals surface area contributed by atoms with E-state index < -0.39 is 30.2 Å². The van der Waals surface area contributed by atoms with Gasteiger partial charge in [-0.15, -0.1) is 0 Å². The molecule has 1 aromatic carbocycles. The van der Waals surface area contributed by atoms with E-state index in [1.807, 2.05) is 0 Å². The third-order valence-corrected chi connectivity index (χ3v) is 2.82. The largest absolute Gasteiger partial charge is 0.491 e. The second kappa shape index (κ2) is 5.60. The highest BCUT2D eigenvalue weighted by Gasteiger charge is 2.50. The summed E-state index contributed by atoms with van der Waals surface area (Å²) in [6.07, 6.45) is -1.59. The highest BCUT2D eigenvalue weighted by Crippen LogP contribution is 2.31. The molecule has 0 saturated carbocycles. The van der Waals surface area contributed by atoms with E-state index in [1.165, 1.54) is 12.1 Å². The minimum atomic E-state index is -3.43. The molecule has 1 saturated heterocycles. The third kappa shape index (κ3) is 3.15. The van der Waals surface area contributed by atoms with E-state index >= 15 is 0 Å². The number of esters is 1. The Morgan fingerprint density at radius 1 is 1.50 bits per heavy atom. The Hall–Kier alpha value is -1.92. The molecule has 1 N–H and O–H groups in total. The van der Waals surface area contributed by atoms with Gasteiger partial charge in [0.15, 0.2) is 11.6 Å². The van der Waals surface area contributed by atoms with Crippen LogP contribution in [0.4, 0.5) is 18.9 Å². The van der Waals surface area contributed by atoms with E-state index in [1.54, 1.807) is 13.0 Å². The maximum absolute atomic E-state index is 13.6. The van der Waals surface area contributed by atoms with Crippen molar-refractivity contribution in [3.05, 3.63) is 24.0 Å². The van der Waals surface area contributed by atoms with Gasteiger partial charge in [-0.1, -0.05) is 0 Å². The Bertz CT molecular complexity index is 508. The van der Waals surface area contributed by atoms with Gasteiger partial charge >= 0.3 is 11.9 Å². The number of carbonyl (C=O) groups excluding carboxylic acids is 1. The van der Waals surface area contributed by atoms with Crippen LogP contribution in [0.5, 0.6) is 5.75 Å². The number of carbonyl (C=O) groups is 1. The van der Waals surface area contributed by atoms with Crippen molar-refractivity contribution in [1.29, 1.82) is 0 Å². The summed E-state index contributed by atoms with van der Waals surface area (Å²) in [6, 6.07) is 4.19. The second-order valence-electron chi connectivity index (χ2n) is 4.40. The van der Waals surface area contributed by atoms with Crippen LogP contribution in [0.3, 0.4) is 0 Å². The molecule has 0 amide bonds. The number of benzene rings is 1. The molecule has 1 heterocycles. The van der Waals surface area contributed by atoms with E-state index in [9.17, 15) is 18.0 Å². The van der Waals surface area contributed by atoms with Gasteiger partial charge in [0.25, 0.3) is 0 Å². The van der Waals surface area contributed by atoms with Gasteiger partial charge in [-0.25, -0.2) is 9.18 Å². The number of hydrogen-bond donors (Lipinski definition) is 1. The maximum Gasteiger partial charge on any atom is 0.377 e. The van der Waals surface area contributed by atoms with Crippen molar-refractivity contribution in [1.82, 2.24) is 0 Å². The topological polar surface area (TPSA) is 47.6 Å². The number of ether oxygens (including phenoxy) is 2. The van der Waals surface area contributed by atoms with Crippen LogP contribution in [0.2, 0.25) is 0 Å². The van der Waals surface area contributed by atoms with Crippen molar-refractivity contribution in [2.24, 2.45) is 0 Å². The lowest BCUT2D eigenvalue weighted by molar-refractivity contribution is -0.158. The first-order valence-electron chi connectivity index (χ1n) is 6.17. The van der Waals surface area contributed by atoms with E-state index in [-0.39, 0.29) is 12.3 Å². The van der Waals surface area contributed by atoms with Crippen molar-refractivity contribution in [2.75, 3.05) is 18.5 Å². The van der Waals surface area contributed by atoms with Gasteiger partial charge in [0.1, 0.15) is 6.10 Å². The third-order valence-electron chi connectivity index (χ3n) is 2.82. The van der Waals surface area contributed by atoms with Gasteiger partial charge < -0.3 is 14.8 Å². The molecule has 0 aromatic heterocycles. The summed E-state index contributed by atoms with van der Waals surface area (Å²) in [6.45, 7) is 2.08. The zero-order chi connectivity index (χ0) is 14.8. The first kappa shape index (κ1) is 14.5. The van der Waals surface area contributed by atoms with Crippen LogP contribution in [0.1, 0.15) is 13.3 Å². The highest BCUT2D eigenvalue weighted by atomic mass is 19.3. The molecule has 2 rings (SSSR count). The van der Waals surface area contributed by atoms with E-state index in [4.69, 9.17) is 4.74 Å². The minimum absolute atomic E-state index is 0.00521. The summed E-state index contributed by atoms with van der Waals surface area (Å²) in [4.78, 5) is 10.8. The van der Waals surface area contributed by atoms with Crippen LogP contribution < -0.4 is 10.1 Å². The van der Waals surface area contributed by atoms with E-state index in [0.717, 1.165) is 0 Å². The fourth-order valence-corrected chi connectivity index (χ4v) is 1.88. The number of halogens is 3. The first-order valence-corrected chi connectivity index (χ1v) is 6.17. The molecule has 1 aliphatic rings. The summed E-state index contributed by atoms with van der Waals surface area (Å²) < 4.78 is 49.0. The lowest BCUT2D eigenvalue weighted by atomic mass is 10.2. The number of alkyl halides is 2. The first-order chi connectivity index (χ1) is 9.42. The van der Waals surface area contributed by atoms with Crippen LogP contribution in [-0.4, -0.2) is 31.1 Å². The molecule has 1 unspecified atom stereocenters. The van der Waals surface area contributed by atoms with Gasteiger partial charge in [0, 0.05) is 11.8 Å². The maximum atomic E-state index is 13.6. The van der Waals surface area contributed by atoms with Crippen molar-refractivity contribution in [3.8, 4) is 5.75 Å². The number of nitrogens with one attached hydrogen (secondary N) is 1. The van der Waals surface area contributed by atoms with Crippen molar-refractivity contribution >= 4 is 11.7 Å². The Morgan fingerprint density at radius 3 is 2.80 bits per heavy atom. The summed E-state index contributed by atoms with van der Waals surface area (Å²) in [7, 11) is 0. The van der Waals surface area contributed by atoms with Crippen LogP contribution in [0.25, 0.3) is 0 Å². The molecule has 1 aromatic rings. The lowest BCUT2D eigenvalue weighted by Crippen LogP contribution is -2.22. The van der Waals surface area contributed by atoms with Crippen LogP contribution >= 0.6 is 0 Å². The summed E-state index contributed by atoms with van der Waals surface area (Å²) in [5.41, 5.74) is 0.400. The molecule has 0 radical (unpaired) electrons. The molecule has 1 atom stereocenters. The van der Waals surface area contributed by atoms with Crippen LogP contribution in [-0.2, 0) is 9.53 Å². The average molecular weight is 289 g/mol. The Kier molecular flexibility index (Phi) is 4.06. The number of cyclic esters (lactones) is 1. The Labute approximate surface area is 113 Å². The molecule has 0 aliphatic carbocycles. The van der Waals surface area contributed by atoms with Crippen LogP contribution in [0, 0.1) is 5.82 Å². The van der Waals surface area contributed by atoms with Gasteiger partial charge in [0.2, 0.25) is 0 Å². The number of anilines is 1. The SMILES string of the molecule is CCOc1ccc(NCC2CC(F)(F)C(=O)O2)cc1F. The molecule has 0 bridgehead atoms. The molecule has 7 heteroatoms. The fourth-order valence-electron chi connectivity index (χ4n) is 1.88. The lowest BCUT2D eigenvalue weighted by Gasteiger charge is -2.12. The zero-order valence-corrected chi connectivity index (χ0v) is 10.8. The standard InChI is InChI=1S/C13H14F3NO3/c1-2-19-11-4-3-8(5-10(11)14)17-7-9-6-13(15,16)12(18)20-9/h3-5,9,17H,2,6-7H2,1H3. The van der Waals surface area contributed by atoms with Crippen molar-refractivity contribution in [2.45, 2.75) is 25.4 Å². The van der Waals surface area contributed by atoms with Crippen LogP contribution in [0.15, 0.2) is 18.2 Å². The predicted molar refractivity (Wildman–Crippen MR) is 65.5 cm³/mol. The fraction of sp³-hybridized carbons (Fsp3) is 0.462. The molecular weight excluding hydrogens is 275 g/mol. The molecule has 1 fully saturated rings. The molecule has 110 valence electrons. The molecular formula is C13H14F3NO3. The summed E-state index contributed by atoms with van der Waals surface area (Å²) in [5.74, 6) is -5.37. The minimum Gasteiger partial charge on any atom is -0.491 e. The average Bonchev–Trinajstić information content (AvgIpc) is 2.64.